The van der Waals surface area contributed by atoms with Gasteiger partial charge in [0.2, 0.25) is 0 Å². The number of aliphatic carboxylic acids is 1. The smallest absolute Gasteiger partial charge is 0.309 e. The van der Waals surface area contributed by atoms with Crippen LogP contribution in [0.25, 0.3) is 0 Å². The van der Waals surface area contributed by atoms with E-state index < -0.39 is 17.1 Å². The summed E-state index contributed by atoms with van der Waals surface area (Å²) in [4.78, 5) is 11.0. The Bertz CT molecular complexity index is 399. The minimum atomic E-state index is -1.36. The number of halogens is 1. The van der Waals surface area contributed by atoms with Crippen molar-refractivity contribution in [2.24, 2.45) is 5.41 Å². The highest BCUT2D eigenvalue weighted by Crippen LogP contribution is 2.27. The van der Waals surface area contributed by atoms with Gasteiger partial charge >= 0.3 is 5.97 Å². The highest BCUT2D eigenvalue weighted by atomic mass is 19.1. The lowest BCUT2D eigenvalue weighted by Gasteiger charge is -2.20. The number of alkyl halides is 1. The highest BCUT2D eigenvalue weighted by Gasteiger charge is 2.27. The third-order valence-corrected chi connectivity index (χ3v) is 2.87. The fourth-order valence-electron chi connectivity index (χ4n) is 1.60. The van der Waals surface area contributed by atoms with Gasteiger partial charge in [0.15, 0.2) is 0 Å². The fourth-order valence-corrected chi connectivity index (χ4v) is 1.60. The normalized spacial score (nSPS) is 12.5. The molecule has 1 rings (SSSR count). The van der Waals surface area contributed by atoms with Crippen molar-refractivity contribution in [3.63, 3.8) is 0 Å². The number of benzene rings is 1. The van der Waals surface area contributed by atoms with Crippen molar-refractivity contribution >= 4 is 5.97 Å². The summed E-state index contributed by atoms with van der Waals surface area (Å²) in [5.74, 6) is -0.826. The van der Waals surface area contributed by atoms with Gasteiger partial charge in [-0.05, 0) is 45.2 Å². The van der Waals surface area contributed by atoms with Crippen molar-refractivity contribution in [1.29, 1.82) is 0 Å². The Labute approximate surface area is 101 Å². The summed E-state index contributed by atoms with van der Waals surface area (Å²) in [6.07, 6.45) is 0.440. The Morgan fingerprint density at radius 1 is 1.18 bits per heavy atom. The summed E-state index contributed by atoms with van der Waals surface area (Å²) in [6.45, 7) is 6.37. The third-order valence-electron chi connectivity index (χ3n) is 2.87. The van der Waals surface area contributed by atoms with E-state index >= 15 is 0 Å². The minimum absolute atomic E-state index is 0.440. The van der Waals surface area contributed by atoms with Crippen molar-refractivity contribution in [3.8, 4) is 0 Å². The van der Waals surface area contributed by atoms with Crippen LogP contribution < -0.4 is 0 Å². The zero-order valence-electron chi connectivity index (χ0n) is 10.7. The molecule has 3 heteroatoms. The molecular formula is C14H19FO2. The van der Waals surface area contributed by atoms with Crippen LogP contribution in [-0.2, 0) is 16.9 Å². The summed E-state index contributed by atoms with van der Waals surface area (Å²) >= 11 is 0. The Morgan fingerprint density at radius 2 is 1.65 bits per heavy atom. The highest BCUT2D eigenvalue weighted by molar-refractivity contribution is 5.74. The van der Waals surface area contributed by atoms with Gasteiger partial charge in [-0.1, -0.05) is 24.3 Å². The van der Waals surface area contributed by atoms with Gasteiger partial charge < -0.3 is 5.11 Å². The second kappa shape index (κ2) is 4.47. The lowest BCUT2D eigenvalue weighted by atomic mass is 9.85. The predicted molar refractivity (Wildman–Crippen MR) is 65.7 cm³/mol. The maximum Gasteiger partial charge on any atom is 0.309 e. The van der Waals surface area contributed by atoms with Crippen molar-refractivity contribution in [2.45, 2.75) is 39.8 Å². The molecule has 0 radical (unpaired) electrons. The van der Waals surface area contributed by atoms with E-state index in [1.54, 1.807) is 38.1 Å². The Morgan fingerprint density at radius 3 is 2.00 bits per heavy atom. The minimum Gasteiger partial charge on any atom is -0.481 e. The standard InChI is InChI=1S/C14H19FO2/c1-13(2,12(16)17)9-10-5-7-11(8-6-10)14(3,4)15/h5-8H,9H2,1-4H3,(H,16,17). The van der Waals surface area contributed by atoms with E-state index in [1.165, 1.54) is 13.8 Å². The average molecular weight is 238 g/mol. The molecule has 0 saturated heterocycles. The molecule has 1 aromatic carbocycles. The summed E-state index contributed by atoms with van der Waals surface area (Å²) in [7, 11) is 0. The van der Waals surface area contributed by atoms with Gasteiger partial charge in [0.05, 0.1) is 5.41 Å². The van der Waals surface area contributed by atoms with Crippen molar-refractivity contribution in [1.82, 2.24) is 0 Å². The van der Waals surface area contributed by atoms with Crippen LogP contribution in [0.3, 0.4) is 0 Å². The quantitative estimate of drug-likeness (QED) is 0.871. The average Bonchev–Trinajstić information content (AvgIpc) is 2.16. The lowest BCUT2D eigenvalue weighted by molar-refractivity contribution is -0.146. The van der Waals surface area contributed by atoms with Crippen molar-refractivity contribution < 1.29 is 14.3 Å². The molecule has 0 heterocycles. The van der Waals surface area contributed by atoms with E-state index in [0.29, 0.717) is 12.0 Å². The van der Waals surface area contributed by atoms with Crippen LogP contribution in [0.1, 0.15) is 38.8 Å². The molecule has 1 aromatic rings. The van der Waals surface area contributed by atoms with Gasteiger partial charge in [0, 0.05) is 0 Å². The number of hydrogen-bond donors (Lipinski definition) is 1. The molecule has 0 aliphatic heterocycles. The number of rotatable bonds is 4. The topological polar surface area (TPSA) is 37.3 Å². The molecule has 94 valence electrons. The first-order chi connectivity index (χ1) is 7.63. The first-order valence-electron chi connectivity index (χ1n) is 5.65. The van der Waals surface area contributed by atoms with Crippen LogP contribution in [0.5, 0.6) is 0 Å². The zero-order chi connectivity index (χ0) is 13.3. The molecule has 17 heavy (non-hydrogen) atoms. The van der Waals surface area contributed by atoms with Crippen LogP contribution in [0.15, 0.2) is 24.3 Å². The SMILES string of the molecule is CC(C)(Cc1ccc(C(C)(C)F)cc1)C(=O)O. The van der Waals surface area contributed by atoms with E-state index in [9.17, 15) is 9.18 Å². The van der Waals surface area contributed by atoms with Gasteiger partial charge in [-0.3, -0.25) is 4.79 Å². The van der Waals surface area contributed by atoms with Gasteiger partial charge in [-0.15, -0.1) is 0 Å². The van der Waals surface area contributed by atoms with Gasteiger partial charge in [-0.2, -0.15) is 0 Å². The first-order valence-corrected chi connectivity index (χ1v) is 5.65. The number of hydrogen-bond acceptors (Lipinski definition) is 1. The number of carbonyl (C=O) groups is 1. The van der Waals surface area contributed by atoms with Crippen LogP contribution in [0.4, 0.5) is 4.39 Å². The molecule has 2 nitrogen and oxygen atoms in total. The molecule has 0 bridgehead atoms. The second-order valence-electron chi connectivity index (χ2n) is 5.54. The van der Waals surface area contributed by atoms with Crippen LogP contribution in [0, 0.1) is 5.41 Å². The zero-order valence-corrected chi connectivity index (χ0v) is 10.7. The third kappa shape index (κ3) is 3.55. The van der Waals surface area contributed by atoms with Gasteiger partial charge in [-0.25, -0.2) is 4.39 Å². The van der Waals surface area contributed by atoms with Crippen molar-refractivity contribution in [2.75, 3.05) is 0 Å². The molecular weight excluding hydrogens is 219 g/mol. The Kier molecular flexibility index (Phi) is 3.60. The molecule has 0 aromatic heterocycles. The van der Waals surface area contributed by atoms with E-state index in [-0.39, 0.29) is 0 Å². The van der Waals surface area contributed by atoms with Gasteiger partial charge in [0.1, 0.15) is 5.67 Å². The maximum atomic E-state index is 13.6. The largest absolute Gasteiger partial charge is 0.481 e. The molecule has 1 N–H and O–H groups in total. The molecule has 0 aliphatic rings. The first kappa shape index (κ1) is 13.7. The molecule has 0 amide bonds. The summed E-state index contributed by atoms with van der Waals surface area (Å²) in [6, 6.07) is 7.02. The van der Waals surface area contributed by atoms with Crippen LogP contribution in [-0.4, -0.2) is 11.1 Å². The summed E-state index contributed by atoms with van der Waals surface area (Å²) in [5.41, 5.74) is -0.645. The van der Waals surface area contributed by atoms with Crippen molar-refractivity contribution in [3.05, 3.63) is 35.4 Å². The van der Waals surface area contributed by atoms with Crippen LogP contribution in [0.2, 0.25) is 0 Å². The monoisotopic (exact) mass is 238 g/mol. The molecule has 0 atom stereocenters. The molecule has 0 spiro atoms. The molecule has 0 aliphatic carbocycles. The van der Waals surface area contributed by atoms with E-state index in [0.717, 1.165) is 5.56 Å². The molecule has 0 unspecified atom stereocenters. The summed E-state index contributed by atoms with van der Waals surface area (Å²) in [5, 5.41) is 9.03. The fraction of sp³-hybridized carbons (Fsp3) is 0.500. The van der Waals surface area contributed by atoms with E-state index in [4.69, 9.17) is 5.11 Å². The lowest BCUT2D eigenvalue weighted by Crippen LogP contribution is -2.26. The number of carboxylic acids is 1. The van der Waals surface area contributed by atoms with E-state index in [1.807, 2.05) is 0 Å². The predicted octanol–water partition coefficient (Wildman–Crippen LogP) is 3.54. The maximum absolute atomic E-state index is 13.6. The van der Waals surface area contributed by atoms with Crippen LogP contribution >= 0.6 is 0 Å². The number of carboxylic acid groups (broad SMARTS) is 1. The summed E-state index contributed by atoms with van der Waals surface area (Å²) < 4.78 is 13.6. The van der Waals surface area contributed by atoms with E-state index in [2.05, 4.69) is 0 Å². The Hall–Kier alpha value is -1.38. The Balaban J connectivity index is 2.86. The van der Waals surface area contributed by atoms with Gasteiger partial charge in [0.25, 0.3) is 0 Å². The molecule has 0 saturated carbocycles. The second-order valence-corrected chi connectivity index (χ2v) is 5.54. The molecule has 0 fully saturated rings.